The highest BCUT2D eigenvalue weighted by Gasteiger charge is 2.12. The number of halogens is 1. The van der Waals surface area contributed by atoms with Crippen molar-refractivity contribution in [3.8, 4) is 11.5 Å². The summed E-state index contributed by atoms with van der Waals surface area (Å²) in [7, 11) is -2.16. The predicted molar refractivity (Wildman–Crippen MR) is 110 cm³/mol. The van der Waals surface area contributed by atoms with E-state index in [-0.39, 0.29) is 4.90 Å². The molecule has 0 aliphatic rings. The van der Waals surface area contributed by atoms with Crippen molar-refractivity contribution >= 4 is 32.2 Å². The van der Waals surface area contributed by atoms with Gasteiger partial charge in [-0.15, -0.1) is 0 Å². The molecule has 8 heteroatoms. The second kappa shape index (κ2) is 9.75. The van der Waals surface area contributed by atoms with Gasteiger partial charge in [0, 0.05) is 4.47 Å². The van der Waals surface area contributed by atoms with Crippen LogP contribution in [0.3, 0.4) is 0 Å². The van der Waals surface area contributed by atoms with Crippen molar-refractivity contribution in [2.75, 3.05) is 13.7 Å². The van der Waals surface area contributed by atoms with Crippen molar-refractivity contribution in [2.45, 2.75) is 25.2 Å². The van der Waals surface area contributed by atoms with Gasteiger partial charge in [0.25, 0.3) is 10.0 Å². The molecule has 0 radical (unpaired) electrons. The summed E-state index contributed by atoms with van der Waals surface area (Å²) in [5, 5.41) is 3.83. The SMILES string of the molecule is COc1cc(C=NNS(=O)(=O)c2ccc(Br)cc2)ccc1OCCC(C)C. The molecule has 0 saturated carbocycles. The molecule has 0 atom stereocenters. The number of rotatable bonds is 9. The van der Waals surface area contributed by atoms with Crippen LogP contribution in [0.25, 0.3) is 0 Å². The van der Waals surface area contributed by atoms with E-state index >= 15 is 0 Å². The molecule has 0 aromatic heterocycles. The average Bonchev–Trinajstić information content (AvgIpc) is 2.62. The third kappa shape index (κ3) is 6.55. The second-order valence-corrected chi connectivity index (χ2v) is 8.82. The fourth-order valence-corrected chi connectivity index (χ4v) is 3.18. The van der Waals surface area contributed by atoms with Gasteiger partial charge in [-0.1, -0.05) is 29.8 Å². The lowest BCUT2D eigenvalue weighted by atomic mass is 10.1. The van der Waals surface area contributed by atoms with E-state index < -0.39 is 10.0 Å². The van der Waals surface area contributed by atoms with E-state index in [1.54, 1.807) is 37.4 Å². The number of nitrogens with one attached hydrogen (secondary N) is 1. The lowest BCUT2D eigenvalue weighted by molar-refractivity contribution is 0.273. The lowest BCUT2D eigenvalue weighted by Gasteiger charge is -2.12. The maximum atomic E-state index is 12.2. The molecule has 0 aliphatic carbocycles. The van der Waals surface area contributed by atoms with Crippen molar-refractivity contribution in [2.24, 2.45) is 11.0 Å². The van der Waals surface area contributed by atoms with Crippen LogP contribution in [0.5, 0.6) is 11.5 Å². The summed E-state index contributed by atoms with van der Waals surface area (Å²) in [6, 6.07) is 11.6. The third-order valence-corrected chi connectivity index (χ3v) is 5.42. The van der Waals surface area contributed by atoms with E-state index in [9.17, 15) is 8.42 Å². The standard InChI is InChI=1S/C19H23BrN2O4S/c1-14(2)10-11-26-18-9-4-15(12-19(18)25-3)13-21-22-27(23,24)17-7-5-16(20)6-8-17/h4-9,12-14,22H,10-11H2,1-3H3. The number of methoxy groups -OCH3 is 1. The Kier molecular flexibility index (Phi) is 7.67. The molecular weight excluding hydrogens is 432 g/mol. The second-order valence-electron chi connectivity index (χ2n) is 6.25. The van der Waals surface area contributed by atoms with Crippen molar-refractivity contribution in [3.63, 3.8) is 0 Å². The zero-order chi connectivity index (χ0) is 19.9. The highest BCUT2D eigenvalue weighted by atomic mass is 79.9. The number of ether oxygens (including phenoxy) is 2. The maximum absolute atomic E-state index is 12.2. The molecule has 146 valence electrons. The summed E-state index contributed by atoms with van der Waals surface area (Å²) >= 11 is 3.27. The first-order valence-electron chi connectivity index (χ1n) is 8.43. The lowest BCUT2D eigenvalue weighted by Crippen LogP contribution is -2.18. The summed E-state index contributed by atoms with van der Waals surface area (Å²) < 4.78 is 36.3. The first-order chi connectivity index (χ1) is 12.8. The molecule has 0 spiro atoms. The maximum Gasteiger partial charge on any atom is 0.276 e. The fourth-order valence-electron chi connectivity index (χ4n) is 2.13. The Morgan fingerprint density at radius 1 is 1.15 bits per heavy atom. The smallest absolute Gasteiger partial charge is 0.276 e. The third-order valence-electron chi connectivity index (χ3n) is 3.65. The highest BCUT2D eigenvalue weighted by molar-refractivity contribution is 9.10. The van der Waals surface area contributed by atoms with E-state index in [0.717, 1.165) is 10.9 Å². The van der Waals surface area contributed by atoms with Crippen LogP contribution < -0.4 is 14.3 Å². The molecule has 6 nitrogen and oxygen atoms in total. The van der Waals surface area contributed by atoms with Crippen molar-refractivity contribution in [1.82, 2.24) is 4.83 Å². The summed E-state index contributed by atoms with van der Waals surface area (Å²) in [4.78, 5) is 2.33. The van der Waals surface area contributed by atoms with Gasteiger partial charge < -0.3 is 9.47 Å². The summed E-state index contributed by atoms with van der Waals surface area (Å²) in [6.07, 6.45) is 2.36. The predicted octanol–water partition coefficient (Wildman–Crippen LogP) is 4.20. The Morgan fingerprint density at radius 3 is 2.48 bits per heavy atom. The molecule has 0 saturated heterocycles. The molecule has 0 bridgehead atoms. The molecule has 1 N–H and O–H groups in total. The number of hydrogen-bond acceptors (Lipinski definition) is 5. The molecule has 2 aromatic carbocycles. The van der Waals surface area contributed by atoms with E-state index in [2.05, 4.69) is 39.7 Å². The number of hydrogen-bond donors (Lipinski definition) is 1. The van der Waals surface area contributed by atoms with Crippen molar-refractivity contribution in [3.05, 3.63) is 52.5 Å². The minimum atomic E-state index is -3.72. The van der Waals surface area contributed by atoms with Crippen LogP contribution in [0.4, 0.5) is 0 Å². The minimum Gasteiger partial charge on any atom is -0.493 e. The van der Waals surface area contributed by atoms with Gasteiger partial charge in [0.15, 0.2) is 11.5 Å². The molecule has 2 aromatic rings. The van der Waals surface area contributed by atoms with Crippen LogP contribution in [0.2, 0.25) is 0 Å². The molecule has 2 rings (SSSR count). The van der Waals surface area contributed by atoms with Crippen molar-refractivity contribution in [1.29, 1.82) is 0 Å². The van der Waals surface area contributed by atoms with Crippen LogP contribution in [-0.4, -0.2) is 28.3 Å². The molecule has 0 amide bonds. The average molecular weight is 455 g/mol. The van der Waals surface area contributed by atoms with Crippen molar-refractivity contribution < 1.29 is 17.9 Å². The molecule has 0 aliphatic heterocycles. The molecule has 0 heterocycles. The quantitative estimate of drug-likeness (QED) is 0.454. The van der Waals surface area contributed by atoms with Gasteiger partial charge in [0.2, 0.25) is 0 Å². The van der Waals surface area contributed by atoms with Crippen LogP contribution in [0.1, 0.15) is 25.8 Å². The highest BCUT2D eigenvalue weighted by Crippen LogP contribution is 2.28. The Labute approximate surface area is 168 Å². The Hall–Kier alpha value is -2.06. The Bertz CT molecular complexity index is 881. The summed E-state index contributed by atoms with van der Waals surface area (Å²) in [6.45, 7) is 4.87. The fraction of sp³-hybridized carbons (Fsp3) is 0.316. The monoisotopic (exact) mass is 454 g/mol. The first-order valence-corrected chi connectivity index (χ1v) is 10.7. The minimum absolute atomic E-state index is 0.134. The van der Waals surface area contributed by atoms with Crippen LogP contribution >= 0.6 is 15.9 Å². The van der Waals surface area contributed by atoms with E-state index in [4.69, 9.17) is 9.47 Å². The Morgan fingerprint density at radius 2 is 1.85 bits per heavy atom. The zero-order valence-electron chi connectivity index (χ0n) is 15.5. The van der Waals surface area contributed by atoms with Crippen LogP contribution in [0.15, 0.2) is 56.9 Å². The topological polar surface area (TPSA) is 77.0 Å². The Balaban J connectivity index is 2.04. The van der Waals surface area contributed by atoms with E-state index in [1.807, 2.05) is 0 Å². The number of nitrogens with zero attached hydrogens (tertiary/aromatic N) is 1. The number of sulfonamides is 1. The van der Waals surface area contributed by atoms with E-state index in [0.29, 0.717) is 29.6 Å². The van der Waals surface area contributed by atoms with E-state index in [1.165, 1.54) is 18.3 Å². The largest absolute Gasteiger partial charge is 0.493 e. The number of benzene rings is 2. The van der Waals surface area contributed by atoms with Gasteiger partial charge in [-0.05, 0) is 60.4 Å². The van der Waals surface area contributed by atoms with Gasteiger partial charge in [-0.2, -0.15) is 13.5 Å². The zero-order valence-corrected chi connectivity index (χ0v) is 17.9. The van der Waals surface area contributed by atoms with Crippen LogP contribution in [-0.2, 0) is 10.0 Å². The molecule has 0 unspecified atom stereocenters. The summed E-state index contributed by atoms with van der Waals surface area (Å²) in [5.74, 6) is 1.77. The van der Waals surface area contributed by atoms with Crippen LogP contribution in [0, 0.1) is 5.92 Å². The summed E-state index contributed by atoms with van der Waals surface area (Å²) in [5.41, 5.74) is 0.682. The van der Waals surface area contributed by atoms with Gasteiger partial charge in [-0.3, -0.25) is 0 Å². The molecular formula is C19H23BrN2O4S. The molecule has 0 fully saturated rings. The van der Waals surface area contributed by atoms with Gasteiger partial charge in [0.05, 0.1) is 24.8 Å². The normalized spacial score (nSPS) is 11.7. The number of hydrazone groups is 1. The first kappa shape index (κ1) is 21.2. The van der Waals surface area contributed by atoms with Gasteiger partial charge in [0.1, 0.15) is 0 Å². The van der Waals surface area contributed by atoms with Gasteiger partial charge >= 0.3 is 0 Å². The molecule has 27 heavy (non-hydrogen) atoms. The van der Waals surface area contributed by atoms with Gasteiger partial charge in [-0.25, -0.2) is 4.83 Å².